The van der Waals surface area contributed by atoms with Gasteiger partial charge in [-0.25, -0.2) is 0 Å². The molecule has 2 N–H and O–H groups in total. The molecule has 0 unspecified atom stereocenters. The minimum atomic E-state index is 0.167. The summed E-state index contributed by atoms with van der Waals surface area (Å²) in [5, 5.41) is 27.7. The van der Waals surface area contributed by atoms with Crippen LogP contribution in [0, 0.1) is 0 Å². The topological polar surface area (TPSA) is 88.8 Å². The van der Waals surface area contributed by atoms with Gasteiger partial charge in [0.1, 0.15) is 0 Å². The van der Waals surface area contributed by atoms with E-state index in [1.807, 2.05) is 18.3 Å². The summed E-state index contributed by atoms with van der Waals surface area (Å²) in [6.07, 6.45) is 4.21. The molecule has 0 radical (unpaired) electrons. The minimum Gasteiger partial charge on any atom is -0.396 e. The summed E-state index contributed by atoms with van der Waals surface area (Å²) in [6, 6.07) is 3.77. The summed E-state index contributed by atoms with van der Waals surface area (Å²) in [4.78, 5) is 0. The first-order chi connectivity index (χ1) is 8.88. The van der Waals surface area contributed by atoms with Crippen LogP contribution in [0.3, 0.4) is 0 Å². The maximum absolute atomic E-state index is 8.72. The summed E-state index contributed by atoms with van der Waals surface area (Å²) >= 11 is 0. The van der Waals surface area contributed by atoms with Crippen LogP contribution in [-0.2, 0) is 19.6 Å². The highest BCUT2D eigenvalue weighted by Gasteiger charge is 2.00. The molecule has 7 nitrogen and oxygen atoms in total. The van der Waals surface area contributed by atoms with E-state index in [1.54, 1.807) is 10.9 Å². The Labute approximate surface area is 105 Å². The van der Waals surface area contributed by atoms with Gasteiger partial charge in [-0.2, -0.15) is 10.2 Å². The van der Waals surface area contributed by atoms with Gasteiger partial charge in [0, 0.05) is 38.6 Å². The Morgan fingerprint density at radius 2 is 2.11 bits per heavy atom. The highest BCUT2D eigenvalue weighted by atomic mass is 16.3. The van der Waals surface area contributed by atoms with E-state index in [1.165, 1.54) is 0 Å². The van der Waals surface area contributed by atoms with Gasteiger partial charge in [-0.05, 0) is 18.6 Å². The van der Waals surface area contributed by atoms with Gasteiger partial charge in [-0.1, -0.05) is 5.21 Å². The molecule has 2 aromatic heterocycles. The standard InChI is InChI=1S/C11H16N6O/c18-6-2-5-17-9-11(15-16-17)8-12-7-10-3-1-4-13-14-10/h1,3-4,9,12,18H,2,5-8H2. The van der Waals surface area contributed by atoms with Crippen LogP contribution in [0.4, 0.5) is 0 Å². The number of rotatable bonds is 7. The fraction of sp³-hybridized carbons (Fsp3) is 0.455. The Balaban J connectivity index is 1.75. The van der Waals surface area contributed by atoms with Crippen LogP contribution in [-0.4, -0.2) is 36.9 Å². The van der Waals surface area contributed by atoms with E-state index in [9.17, 15) is 0 Å². The van der Waals surface area contributed by atoms with E-state index < -0.39 is 0 Å². The van der Waals surface area contributed by atoms with E-state index in [0.29, 0.717) is 26.1 Å². The average Bonchev–Trinajstić information content (AvgIpc) is 2.85. The van der Waals surface area contributed by atoms with Gasteiger partial charge < -0.3 is 10.4 Å². The van der Waals surface area contributed by atoms with Gasteiger partial charge in [-0.3, -0.25) is 4.68 Å². The van der Waals surface area contributed by atoms with E-state index in [4.69, 9.17) is 5.11 Å². The van der Waals surface area contributed by atoms with Crippen molar-refractivity contribution in [2.24, 2.45) is 0 Å². The van der Waals surface area contributed by atoms with Gasteiger partial charge in [0.05, 0.1) is 11.4 Å². The molecule has 0 amide bonds. The SMILES string of the molecule is OCCCn1cc(CNCc2cccnn2)nn1. The predicted molar refractivity (Wildman–Crippen MR) is 64.3 cm³/mol. The Morgan fingerprint density at radius 3 is 2.89 bits per heavy atom. The van der Waals surface area contributed by atoms with Crippen LogP contribution in [0.25, 0.3) is 0 Å². The fourth-order valence-electron chi connectivity index (χ4n) is 1.51. The normalized spacial score (nSPS) is 10.7. The number of aliphatic hydroxyl groups is 1. The van der Waals surface area contributed by atoms with Crippen LogP contribution in [0.5, 0.6) is 0 Å². The van der Waals surface area contributed by atoms with E-state index in [-0.39, 0.29) is 6.61 Å². The molecule has 2 heterocycles. The van der Waals surface area contributed by atoms with Crippen molar-refractivity contribution in [1.29, 1.82) is 0 Å². The highest BCUT2D eigenvalue weighted by molar-refractivity contribution is 4.99. The largest absolute Gasteiger partial charge is 0.396 e. The van der Waals surface area contributed by atoms with E-state index >= 15 is 0 Å². The van der Waals surface area contributed by atoms with Crippen molar-refractivity contribution in [1.82, 2.24) is 30.5 Å². The molecule has 0 aliphatic heterocycles. The molecule has 0 aromatic carbocycles. The summed E-state index contributed by atoms with van der Waals surface area (Å²) in [7, 11) is 0. The molecule has 2 aromatic rings. The van der Waals surface area contributed by atoms with Gasteiger partial charge in [0.15, 0.2) is 0 Å². The molecule has 0 saturated heterocycles. The Kier molecular flexibility index (Phi) is 4.74. The number of aryl methyl sites for hydroxylation is 1. The molecule has 2 rings (SSSR count). The lowest BCUT2D eigenvalue weighted by atomic mass is 10.4. The van der Waals surface area contributed by atoms with Crippen molar-refractivity contribution in [2.45, 2.75) is 26.1 Å². The second-order valence-electron chi connectivity index (χ2n) is 3.87. The first kappa shape index (κ1) is 12.6. The number of nitrogens with zero attached hydrogens (tertiary/aromatic N) is 5. The predicted octanol–water partition coefficient (Wildman–Crippen LogP) is -0.260. The van der Waals surface area contributed by atoms with Crippen molar-refractivity contribution < 1.29 is 5.11 Å². The van der Waals surface area contributed by atoms with Crippen molar-refractivity contribution >= 4 is 0 Å². The van der Waals surface area contributed by atoms with Gasteiger partial charge in [-0.15, -0.1) is 5.10 Å². The van der Waals surface area contributed by atoms with Gasteiger partial charge in [0.25, 0.3) is 0 Å². The number of aromatic nitrogens is 5. The molecule has 0 atom stereocenters. The summed E-state index contributed by atoms with van der Waals surface area (Å²) in [5.41, 5.74) is 1.77. The molecule has 7 heteroatoms. The van der Waals surface area contributed by atoms with Gasteiger partial charge in [0.2, 0.25) is 0 Å². The van der Waals surface area contributed by atoms with Crippen LogP contribution in [0.2, 0.25) is 0 Å². The van der Waals surface area contributed by atoms with E-state index in [2.05, 4.69) is 25.8 Å². The molecule has 0 aliphatic carbocycles. The van der Waals surface area contributed by atoms with Crippen molar-refractivity contribution in [3.63, 3.8) is 0 Å². The number of hydrogen-bond donors (Lipinski definition) is 2. The molecule has 0 bridgehead atoms. The third-order valence-electron chi connectivity index (χ3n) is 2.37. The first-order valence-electron chi connectivity index (χ1n) is 5.85. The van der Waals surface area contributed by atoms with Crippen LogP contribution >= 0.6 is 0 Å². The molecular formula is C11H16N6O. The monoisotopic (exact) mass is 248 g/mol. The molecule has 18 heavy (non-hydrogen) atoms. The number of aliphatic hydroxyl groups excluding tert-OH is 1. The Morgan fingerprint density at radius 1 is 1.22 bits per heavy atom. The first-order valence-corrected chi connectivity index (χ1v) is 5.85. The summed E-state index contributed by atoms with van der Waals surface area (Å²) in [6.45, 7) is 2.14. The second kappa shape index (κ2) is 6.77. The lowest BCUT2D eigenvalue weighted by molar-refractivity contribution is 0.276. The zero-order valence-corrected chi connectivity index (χ0v) is 10.0. The number of nitrogens with one attached hydrogen (secondary N) is 1. The molecular weight excluding hydrogens is 232 g/mol. The lowest BCUT2D eigenvalue weighted by Crippen LogP contribution is -2.14. The maximum Gasteiger partial charge on any atom is 0.0964 e. The summed E-state index contributed by atoms with van der Waals surface area (Å²) < 4.78 is 1.73. The third-order valence-corrected chi connectivity index (χ3v) is 2.37. The Hall–Kier alpha value is -1.86. The van der Waals surface area contributed by atoms with Gasteiger partial charge >= 0.3 is 0 Å². The molecule has 96 valence electrons. The fourth-order valence-corrected chi connectivity index (χ4v) is 1.51. The van der Waals surface area contributed by atoms with Crippen molar-refractivity contribution in [3.05, 3.63) is 35.9 Å². The minimum absolute atomic E-state index is 0.167. The lowest BCUT2D eigenvalue weighted by Gasteiger charge is -2.00. The van der Waals surface area contributed by atoms with Crippen LogP contribution in [0.1, 0.15) is 17.8 Å². The van der Waals surface area contributed by atoms with Crippen molar-refractivity contribution in [3.8, 4) is 0 Å². The smallest absolute Gasteiger partial charge is 0.0964 e. The number of hydrogen-bond acceptors (Lipinski definition) is 6. The summed E-state index contributed by atoms with van der Waals surface area (Å²) in [5.74, 6) is 0. The molecule has 0 fully saturated rings. The third kappa shape index (κ3) is 3.86. The quantitative estimate of drug-likeness (QED) is 0.702. The van der Waals surface area contributed by atoms with Crippen LogP contribution < -0.4 is 5.32 Å². The highest BCUT2D eigenvalue weighted by Crippen LogP contribution is 1.96. The Bertz CT molecular complexity index is 458. The zero-order valence-electron chi connectivity index (χ0n) is 10.0. The zero-order chi connectivity index (χ0) is 12.6. The maximum atomic E-state index is 8.72. The average molecular weight is 248 g/mol. The molecule has 0 aliphatic rings. The molecule has 0 spiro atoms. The van der Waals surface area contributed by atoms with Crippen LogP contribution in [0.15, 0.2) is 24.5 Å². The molecule has 0 saturated carbocycles. The second-order valence-corrected chi connectivity index (χ2v) is 3.87. The van der Waals surface area contributed by atoms with E-state index in [0.717, 1.165) is 11.4 Å². The van der Waals surface area contributed by atoms with Crippen molar-refractivity contribution in [2.75, 3.05) is 6.61 Å².